The number of hydrogen-bond donors (Lipinski definition) is 0. The summed E-state index contributed by atoms with van der Waals surface area (Å²) in [5.41, 5.74) is 1.56. The summed E-state index contributed by atoms with van der Waals surface area (Å²) in [6.45, 7) is 4.65. The quantitative estimate of drug-likeness (QED) is 0.626. The highest BCUT2D eigenvalue weighted by Gasteiger charge is 2.29. The van der Waals surface area contributed by atoms with Crippen LogP contribution in [0.5, 0.6) is 0 Å². The Hall–Kier alpha value is -0.340. The van der Waals surface area contributed by atoms with Crippen LogP contribution in [0.2, 0.25) is 0 Å². The molecule has 0 aromatic heterocycles. The Labute approximate surface area is 86.9 Å². The predicted molar refractivity (Wildman–Crippen MR) is 58.4 cm³/mol. The van der Waals surface area contributed by atoms with Crippen molar-refractivity contribution < 1.29 is 4.74 Å². The molecule has 0 N–H and O–H groups in total. The number of hydrogen-bond acceptors (Lipinski definition) is 2. The topological polar surface area (TPSA) is 12.5 Å². The molecule has 0 saturated heterocycles. The van der Waals surface area contributed by atoms with Crippen LogP contribution in [0.15, 0.2) is 11.6 Å². The van der Waals surface area contributed by atoms with Crippen LogP contribution in [-0.2, 0) is 4.74 Å². The fraction of sp³-hybridized carbons (Fsp3) is 0.833. The van der Waals surface area contributed by atoms with Gasteiger partial charge in [-0.05, 0) is 32.6 Å². The van der Waals surface area contributed by atoms with Crippen molar-refractivity contribution >= 4 is 0 Å². The molecule has 1 fully saturated rings. The van der Waals surface area contributed by atoms with E-state index in [2.05, 4.69) is 17.9 Å². The highest BCUT2D eigenvalue weighted by Crippen LogP contribution is 2.27. The van der Waals surface area contributed by atoms with Gasteiger partial charge in [-0.3, -0.25) is 4.90 Å². The molecule has 2 aliphatic rings. The average Bonchev–Trinajstić information content (AvgIpc) is 2.67. The molecule has 1 aliphatic carbocycles. The lowest BCUT2D eigenvalue weighted by Gasteiger charge is -2.31. The molecule has 0 radical (unpaired) electrons. The highest BCUT2D eigenvalue weighted by atomic mass is 16.5. The van der Waals surface area contributed by atoms with Gasteiger partial charge in [-0.1, -0.05) is 11.6 Å². The smallest absolute Gasteiger partial charge is 0.0586 e. The molecule has 2 rings (SSSR count). The molecule has 1 heterocycles. The third-order valence-corrected chi connectivity index (χ3v) is 3.67. The van der Waals surface area contributed by atoms with E-state index in [0.29, 0.717) is 6.10 Å². The molecular weight excluding hydrogens is 174 g/mol. The number of methoxy groups -OCH3 is 1. The number of nitrogens with zero attached hydrogens (tertiary/aromatic N) is 1. The fourth-order valence-corrected chi connectivity index (χ4v) is 2.58. The molecule has 14 heavy (non-hydrogen) atoms. The second kappa shape index (κ2) is 4.45. The molecule has 0 aromatic rings. The lowest BCUT2D eigenvalue weighted by Crippen LogP contribution is -2.37. The van der Waals surface area contributed by atoms with E-state index in [-0.39, 0.29) is 0 Å². The zero-order chi connectivity index (χ0) is 9.97. The van der Waals surface area contributed by atoms with E-state index < -0.39 is 0 Å². The Kier molecular flexibility index (Phi) is 3.24. The molecule has 80 valence electrons. The minimum Gasteiger partial charge on any atom is -0.381 e. The predicted octanol–water partition coefficient (Wildman–Crippen LogP) is 2.21. The van der Waals surface area contributed by atoms with Gasteiger partial charge in [-0.2, -0.15) is 0 Å². The number of rotatable bonds is 2. The third-order valence-electron chi connectivity index (χ3n) is 3.67. The summed E-state index contributed by atoms with van der Waals surface area (Å²) < 4.78 is 5.41. The van der Waals surface area contributed by atoms with E-state index in [4.69, 9.17) is 4.74 Å². The lowest BCUT2D eigenvalue weighted by molar-refractivity contribution is 0.0977. The highest BCUT2D eigenvalue weighted by molar-refractivity contribution is 5.05. The van der Waals surface area contributed by atoms with Crippen molar-refractivity contribution in [2.75, 3.05) is 20.2 Å². The molecule has 1 saturated carbocycles. The maximum absolute atomic E-state index is 5.41. The maximum atomic E-state index is 5.41. The molecule has 0 aromatic carbocycles. The minimum absolute atomic E-state index is 0.520. The summed E-state index contributed by atoms with van der Waals surface area (Å²) >= 11 is 0. The summed E-state index contributed by atoms with van der Waals surface area (Å²) in [6.07, 6.45) is 7.97. The van der Waals surface area contributed by atoms with Crippen LogP contribution >= 0.6 is 0 Å². The van der Waals surface area contributed by atoms with E-state index >= 15 is 0 Å². The van der Waals surface area contributed by atoms with Crippen molar-refractivity contribution in [2.24, 2.45) is 0 Å². The van der Waals surface area contributed by atoms with Crippen LogP contribution in [0.3, 0.4) is 0 Å². The Morgan fingerprint density at radius 2 is 2.29 bits per heavy atom. The molecule has 0 spiro atoms. The SMILES string of the molecule is COC1CCC(N2CC=C(C)CC2)C1. The zero-order valence-corrected chi connectivity index (χ0v) is 9.33. The monoisotopic (exact) mass is 195 g/mol. The van der Waals surface area contributed by atoms with Gasteiger partial charge in [-0.25, -0.2) is 0 Å². The normalized spacial score (nSPS) is 34.6. The Bertz CT molecular complexity index is 224. The van der Waals surface area contributed by atoms with Gasteiger partial charge in [0.15, 0.2) is 0 Å². The molecule has 0 bridgehead atoms. The summed E-state index contributed by atoms with van der Waals surface area (Å²) in [5, 5.41) is 0. The molecular formula is C12H21NO. The van der Waals surface area contributed by atoms with Gasteiger partial charge in [0.05, 0.1) is 6.10 Å². The van der Waals surface area contributed by atoms with Gasteiger partial charge in [0.25, 0.3) is 0 Å². The van der Waals surface area contributed by atoms with Gasteiger partial charge in [0, 0.05) is 26.2 Å². The molecule has 2 atom stereocenters. The first-order chi connectivity index (χ1) is 6.79. The second-order valence-corrected chi connectivity index (χ2v) is 4.62. The van der Waals surface area contributed by atoms with Crippen LogP contribution < -0.4 is 0 Å². The summed E-state index contributed by atoms with van der Waals surface area (Å²) in [7, 11) is 1.84. The second-order valence-electron chi connectivity index (χ2n) is 4.62. The van der Waals surface area contributed by atoms with Crippen LogP contribution in [-0.4, -0.2) is 37.2 Å². The van der Waals surface area contributed by atoms with Crippen LogP contribution in [0, 0.1) is 0 Å². The van der Waals surface area contributed by atoms with E-state index in [9.17, 15) is 0 Å². The standard InChI is InChI=1S/C12H21NO/c1-10-5-7-13(8-6-10)11-3-4-12(9-11)14-2/h5,11-12H,3-4,6-9H2,1-2H3. The summed E-state index contributed by atoms with van der Waals surface area (Å²) in [6, 6.07) is 0.782. The van der Waals surface area contributed by atoms with Gasteiger partial charge < -0.3 is 4.74 Å². The van der Waals surface area contributed by atoms with Gasteiger partial charge in [0.2, 0.25) is 0 Å². The minimum atomic E-state index is 0.520. The van der Waals surface area contributed by atoms with Crippen LogP contribution in [0.25, 0.3) is 0 Å². The van der Waals surface area contributed by atoms with Crippen molar-refractivity contribution in [1.29, 1.82) is 0 Å². The van der Waals surface area contributed by atoms with Crippen molar-refractivity contribution in [3.05, 3.63) is 11.6 Å². The van der Waals surface area contributed by atoms with E-state index in [1.54, 1.807) is 5.57 Å². The molecule has 2 heteroatoms. The maximum Gasteiger partial charge on any atom is 0.0586 e. The summed E-state index contributed by atoms with van der Waals surface area (Å²) in [4.78, 5) is 2.62. The van der Waals surface area contributed by atoms with Crippen LogP contribution in [0.1, 0.15) is 32.6 Å². The van der Waals surface area contributed by atoms with Crippen molar-refractivity contribution in [3.8, 4) is 0 Å². The van der Waals surface area contributed by atoms with E-state index in [1.165, 1.54) is 32.2 Å². The molecule has 1 aliphatic heterocycles. The van der Waals surface area contributed by atoms with Crippen molar-refractivity contribution in [1.82, 2.24) is 4.90 Å². The Balaban J connectivity index is 1.85. The Morgan fingerprint density at radius 3 is 2.86 bits per heavy atom. The Morgan fingerprint density at radius 1 is 1.43 bits per heavy atom. The van der Waals surface area contributed by atoms with E-state index in [1.807, 2.05) is 7.11 Å². The van der Waals surface area contributed by atoms with Gasteiger partial charge in [0.1, 0.15) is 0 Å². The lowest BCUT2D eigenvalue weighted by atomic mass is 10.1. The average molecular weight is 195 g/mol. The van der Waals surface area contributed by atoms with Crippen LogP contribution in [0.4, 0.5) is 0 Å². The first-order valence-electron chi connectivity index (χ1n) is 5.72. The van der Waals surface area contributed by atoms with E-state index in [0.717, 1.165) is 12.6 Å². The zero-order valence-electron chi connectivity index (χ0n) is 9.33. The van der Waals surface area contributed by atoms with Gasteiger partial charge >= 0.3 is 0 Å². The van der Waals surface area contributed by atoms with Crippen molar-refractivity contribution in [2.45, 2.75) is 44.8 Å². The van der Waals surface area contributed by atoms with Crippen molar-refractivity contribution in [3.63, 3.8) is 0 Å². The number of ether oxygens (including phenoxy) is 1. The molecule has 0 amide bonds. The first-order valence-corrected chi connectivity index (χ1v) is 5.72. The third kappa shape index (κ3) is 2.18. The van der Waals surface area contributed by atoms with Gasteiger partial charge in [-0.15, -0.1) is 0 Å². The molecule has 2 unspecified atom stereocenters. The molecule has 2 nitrogen and oxygen atoms in total. The fourth-order valence-electron chi connectivity index (χ4n) is 2.58. The first kappa shape index (κ1) is 10.2. The largest absolute Gasteiger partial charge is 0.381 e. The summed E-state index contributed by atoms with van der Waals surface area (Å²) in [5.74, 6) is 0.